The van der Waals surface area contributed by atoms with E-state index in [2.05, 4.69) is 31.4 Å². The number of benzene rings is 1. The smallest absolute Gasteiger partial charge is 0.204 e. The zero-order valence-corrected chi connectivity index (χ0v) is 16.2. The number of carbonyl (C=O) groups excluding carboxylic acids is 1. The number of thiazole rings is 1. The zero-order valence-electron chi connectivity index (χ0n) is 13.8. The molecule has 2 aromatic rings. The highest BCUT2D eigenvalue weighted by Gasteiger charge is 2.12. The van der Waals surface area contributed by atoms with Crippen molar-refractivity contribution < 1.29 is 14.3 Å². The fourth-order valence-corrected chi connectivity index (χ4v) is 3.42. The fourth-order valence-electron chi connectivity index (χ4n) is 2.03. The Labute approximate surface area is 153 Å². The van der Waals surface area contributed by atoms with E-state index in [0.29, 0.717) is 33.8 Å². The van der Waals surface area contributed by atoms with Gasteiger partial charge in [0.25, 0.3) is 0 Å². The summed E-state index contributed by atoms with van der Waals surface area (Å²) in [6.45, 7) is 5.79. The van der Waals surface area contributed by atoms with Crippen LogP contribution in [-0.2, 0) is 0 Å². The summed E-state index contributed by atoms with van der Waals surface area (Å²) in [7, 11) is 1.59. The molecule has 0 aliphatic heterocycles. The second-order valence-corrected chi connectivity index (χ2v) is 6.68. The lowest BCUT2D eigenvalue weighted by Gasteiger charge is -2.11. The van der Waals surface area contributed by atoms with Crippen LogP contribution in [0.25, 0.3) is 0 Å². The van der Waals surface area contributed by atoms with Crippen LogP contribution in [0, 0.1) is 6.92 Å². The van der Waals surface area contributed by atoms with Crippen molar-refractivity contribution in [3.05, 3.63) is 32.7 Å². The molecule has 0 aliphatic carbocycles. The Bertz CT molecular complexity index is 774. The van der Waals surface area contributed by atoms with Crippen LogP contribution in [0.1, 0.15) is 34.8 Å². The lowest BCUT2D eigenvalue weighted by molar-refractivity contribution is 0.102. The van der Waals surface area contributed by atoms with Gasteiger partial charge in [0.15, 0.2) is 17.3 Å². The maximum absolute atomic E-state index is 11.4. The van der Waals surface area contributed by atoms with Crippen molar-refractivity contribution in [3.8, 4) is 11.5 Å². The van der Waals surface area contributed by atoms with Gasteiger partial charge in [-0.3, -0.25) is 10.2 Å². The van der Waals surface area contributed by atoms with Gasteiger partial charge in [-0.1, -0.05) is 11.3 Å². The zero-order chi connectivity index (χ0) is 17.7. The molecule has 0 saturated carbocycles. The molecule has 0 aliphatic rings. The summed E-state index contributed by atoms with van der Waals surface area (Å²) < 4.78 is 11.7. The predicted octanol–water partition coefficient (Wildman–Crippen LogP) is 4.27. The first-order chi connectivity index (χ1) is 11.5. The van der Waals surface area contributed by atoms with Crippen LogP contribution in [0.5, 0.6) is 11.5 Å². The van der Waals surface area contributed by atoms with E-state index in [1.165, 1.54) is 18.3 Å². The number of nitrogens with zero attached hydrogens (tertiary/aromatic N) is 2. The number of rotatable bonds is 7. The largest absolute Gasteiger partial charge is 0.493 e. The Balaban J connectivity index is 2.16. The molecule has 0 fully saturated rings. The number of hydrogen-bond donors (Lipinski definition) is 1. The van der Waals surface area contributed by atoms with Gasteiger partial charge in [0.1, 0.15) is 0 Å². The maximum atomic E-state index is 11.4. The number of aryl methyl sites for hydroxylation is 1. The molecular weight excluding hydrogens is 394 g/mol. The van der Waals surface area contributed by atoms with Gasteiger partial charge in [-0.2, -0.15) is 5.10 Å². The molecule has 0 unspecified atom stereocenters. The van der Waals surface area contributed by atoms with E-state index in [4.69, 9.17) is 9.47 Å². The molecule has 1 aromatic heterocycles. The average Bonchev–Trinajstić information content (AvgIpc) is 2.90. The molecule has 24 heavy (non-hydrogen) atoms. The number of carbonyl (C=O) groups is 1. The summed E-state index contributed by atoms with van der Waals surface area (Å²) in [5.41, 5.74) is 4.38. The van der Waals surface area contributed by atoms with Crippen LogP contribution < -0.4 is 14.9 Å². The molecule has 0 bridgehead atoms. The van der Waals surface area contributed by atoms with Crippen molar-refractivity contribution >= 4 is 44.4 Å². The molecule has 0 radical (unpaired) electrons. The molecule has 1 aromatic carbocycles. The van der Waals surface area contributed by atoms with Gasteiger partial charge >= 0.3 is 0 Å². The third-order valence-corrected chi connectivity index (χ3v) is 4.78. The van der Waals surface area contributed by atoms with E-state index < -0.39 is 0 Å². The van der Waals surface area contributed by atoms with E-state index in [0.717, 1.165) is 10.0 Å². The molecule has 0 spiro atoms. The molecular formula is C16H18BrN3O3S. The number of ether oxygens (including phenoxy) is 2. The van der Waals surface area contributed by atoms with E-state index in [-0.39, 0.29) is 5.78 Å². The van der Waals surface area contributed by atoms with Crippen molar-refractivity contribution in [2.45, 2.75) is 20.8 Å². The van der Waals surface area contributed by atoms with Gasteiger partial charge < -0.3 is 9.47 Å². The number of Topliss-reactive ketones (excluding diaryl/α,β-unsaturated/α-hetero) is 1. The minimum atomic E-state index is 0.00205. The Morgan fingerprint density at radius 2 is 2.25 bits per heavy atom. The van der Waals surface area contributed by atoms with E-state index in [1.54, 1.807) is 20.2 Å². The van der Waals surface area contributed by atoms with Crippen LogP contribution >= 0.6 is 27.3 Å². The number of hydrogen-bond acceptors (Lipinski definition) is 7. The first kappa shape index (κ1) is 18.4. The number of hydrazone groups is 1. The highest BCUT2D eigenvalue weighted by Crippen LogP contribution is 2.36. The van der Waals surface area contributed by atoms with E-state index in [1.807, 2.05) is 19.1 Å². The van der Waals surface area contributed by atoms with Crippen LogP contribution in [-0.4, -0.2) is 30.7 Å². The Kier molecular flexibility index (Phi) is 6.33. The average molecular weight is 412 g/mol. The first-order valence-electron chi connectivity index (χ1n) is 7.24. The molecule has 8 heteroatoms. The summed E-state index contributed by atoms with van der Waals surface area (Å²) in [6.07, 6.45) is 1.65. The van der Waals surface area contributed by atoms with Crippen molar-refractivity contribution in [1.82, 2.24) is 4.98 Å². The predicted molar refractivity (Wildman–Crippen MR) is 99.9 cm³/mol. The molecule has 128 valence electrons. The second-order valence-electron chi connectivity index (χ2n) is 4.83. The third kappa shape index (κ3) is 4.33. The van der Waals surface area contributed by atoms with E-state index >= 15 is 0 Å². The molecule has 0 amide bonds. The Morgan fingerprint density at radius 3 is 2.83 bits per heavy atom. The number of ketones is 1. The van der Waals surface area contributed by atoms with Crippen LogP contribution in [0.3, 0.4) is 0 Å². The molecule has 6 nitrogen and oxygen atoms in total. The fraction of sp³-hybridized carbons (Fsp3) is 0.312. The Morgan fingerprint density at radius 1 is 1.50 bits per heavy atom. The lowest BCUT2D eigenvalue weighted by Crippen LogP contribution is -1.98. The van der Waals surface area contributed by atoms with Gasteiger partial charge in [0, 0.05) is 6.92 Å². The molecule has 0 atom stereocenters. The van der Waals surface area contributed by atoms with E-state index in [9.17, 15) is 4.79 Å². The molecule has 0 saturated heterocycles. The van der Waals surface area contributed by atoms with Crippen LogP contribution in [0.15, 0.2) is 21.7 Å². The summed E-state index contributed by atoms with van der Waals surface area (Å²) in [6, 6.07) is 3.71. The van der Waals surface area contributed by atoms with Crippen molar-refractivity contribution in [2.24, 2.45) is 5.10 Å². The molecule has 1 N–H and O–H groups in total. The maximum Gasteiger partial charge on any atom is 0.204 e. The summed E-state index contributed by atoms with van der Waals surface area (Å²) >= 11 is 4.75. The van der Waals surface area contributed by atoms with Crippen LogP contribution in [0.4, 0.5) is 5.13 Å². The standard InChI is InChI=1S/C16H18BrN3O3S/c1-5-23-14-12(17)6-11(7-13(14)22-4)8-18-20-16-19-9(2)15(24-16)10(3)21/h6-8H,5H2,1-4H3,(H,19,20)/b18-8-. The monoisotopic (exact) mass is 411 g/mol. The number of nitrogens with one attached hydrogen (secondary N) is 1. The van der Waals surface area contributed by atoms with Gasteiger partial charge in [-0.15, -0.1) is 0 Å². The summed E-state index contributed by atoms with van der Waals surface area (Å²) in [5, 5.41) is 4.74. The Hall–Kier alpha value is -1.93. The highest BCUT2D eigenvalue weighted by molar-refractivity contribution is 9.10. The van der Waals surface area contributed by atoms with Crippen molar-refractivity contribution in [1.29, 1.82) is 0 Å². The van der Waals surface area contributed by atoms with Crippen LogP contribution in [0.2, 0.25) is 0 Å². The minimum absolute atomic E-state index is 0.00205. The SMILES string of the molecule is CCOc1c(Br)cc(/C=N\Nc2nc(C)c(C(C)=O)s2)cc1OC. The highest BCUT2D eigenvalue weighted by atomic mass is 79.9. The van der Waals surface area contributed by atoms with Gasteiger partial charge in [-0.05, 0) is 47.5 Å². The molecule has 2 rings (SSSR count). The minimum Gasteiger partial charge on any atom is -0.493 e. The number of anilines is 1. The number of aromatic nitrogens is 1. The summed E-state index contributed by atoms with van der Waals surface area (Å²) in [5.74, 6) is 1.28. The number of methoxy groups -OCH3 is 1. The molecule has 1 heterocycles. The second kappa shape index (κ2) is 8.25. The van der Waals surface area contributed by atoms with Crippen molar-refractivity contribution in [2.75, 3.05) is 19.1 Å². The normalized spacial score (nSPS) is 10.9. The topological polar surface area (TPSA) is 72.8 Å². The van der Waals surface area contributed by atoms with Gasteiger partial charge in [0.05, 0.1) is 35.0 Å². The third-order valence-electron chi connectivity index (χ3n) is 3.03. The lowest BCUT2D eigenvalue weighted by atomic mass is 10.2. The number of halogens is 1. The summed E-state index contributed by atoms with van der Waals surface area (Å²) in [4.78, 5) is 16.4. The van der Waals surface area contributed by atoms with Crippen molar-refractivity contribution in [3.63, 3.8) is 0 Å². The quantitative estimate of drug-likeness (QED) is 0.418. The first-order valence-corrected chi connectivity index (χ1v) is 8.85. The van der Waals surface area contributed by atoms with Gasteiger partial charge in [0.2, 0.25) is 5.13 Å². The van der Waals surface area contributed by atoms with Gasteiger partial charge in [-0.25, -0.2) is 4.98 Å².